The lowest BCUT2D eigenvalue weighted by atomic mass is 10.2. The van der Waals surface area contributed by atoms with Gasteiger partial charge in [0.2, 0.25) is 10.0 Å². The smallest absolute Gasteiger partial charge is 0.251 e. The molecule has 1 atom stereocenters. The van der Waals surface area contributed by atoms with Crippen molar-refractivity contribution in [3.63, 3.8) is 0 Å². The van der Waals surface area contributed by atoms with Gasteiger partial charge in [0.15, 0.2) is 0 Å². The van der Waals surface area contributed by atoms with Gasteiger partial charge in [0.1, 0.15) is 12.2 Å². The number of rotatable bonds is 3. The molecule has 1 unspecified atom stereocenters. The second-order valence-electron chi connectivity index (χ2n) is 6.19. The van der Waals surface area contributed by atoms with E-state index in [1.807, 2.05) is 6.07 Å². The molecule has 0 spiro atoms. The number of ether oxygens (including phenoxy) is 1. The van der Waals surface area contributed by atoms with E-state index in [-0.39, 0.29) is 29.0 Å². The number of nitriles is 1. The zero-order chi connectivity index (χ0) is 17.9. The maximum atomic E-state index is 12.9. The lowest BCUT2D eigenvalue weighted by Gasteiger charge is -2.24. The number of sulfonamides is 1. The van der Waals surface area contributed by atoms with Crippen LogP contribution in [0.3, 0.4) is 0 Å². The van der Waals surface area contributed by atoms with E-state index in [9.17, 15) is 18.5 Å². The van der Waals surface area contributed by atoms with Gasteiger partial charge in [0.25, 0.3) is 5.91 Å². The van der Waals surface area contributed by atoms with E-state index >= 15 is 0 Å². The predicted octanol–water partition coefficient (Wildman–Crippen LogP) is 0.960. The second-order valence-corrected chi connectivity index (χ2v) is 8.10. The molecule has 0 radical (unpaired) electrons. The van der Waals surface area contributed by atoms with Crippen LogP contribution in [0.4, 0.5) is 0 Å². The highest BCUT2D eigenvalue weighted by molar-refractivity contribution is 7.89. The summed E-state index contributed by atoms with van der Waals surface area (Å²) in [6, 6.07) is 8.13. The molecule has 0 N–H and O–H groups in total. The fourth-order valence-corrected chi connectivity index (χ4v) is 4.87. The zero-order valence-corrected chi connectivity index (χ0v) is 14.7. The number of carbonyl (C=O) groups is 1. The Morgan fingerprint density at radius 1 is 1.16 bits per heavy atom. The number of amides is 1. The van der Waals surface area contributed by atoms with Gasteiger partial charge in [-0.25, -0.2) is 8.42 Å². The molecule has 2 aliphatic rings. The van der Waals surface area contributed by atoms with E-state index in [2.05, 4.69) is 0 Å². The SMILES string of the molecule is N#Cc1ccccc1S(=O)(=O)N1CCCN(C(=O)C2CCCO2)CC1. The predicted molar refractivity (Wildman–Crippen MR) is 90.1 cm³/mol. The molecule has 0 saturated carbocycles. The molecule has 134 valence electrons. The van der Waals surface area contributed by atoms with E-state index in [1.54, 1.807) is 17.0 Å². The largest absolute Gasteiger partial charge is 0.368 e. The van der Waals surface area contributed by atoms with E-state index in [1.165, 1.54) is 16.4 Å². The third kappa shape index (κ3) is 3.68. The molecule has 2 fully saturated rings. The van der Waals surface area contributed by atoms with Gasteiger partial charge in [-0.3, -0.25) is 4.79 Å². The van der Waals surface area contributed by atoms with E-state index in [0.29, 0.717) is 32.7 Å². The van der Waals surface area contributed by atoms with Gasteiger partial charge < -0.3 is 9.64 Å². The first-order chi connectivity index (χ1) is 12.0. The Morgan fingerprint density at radius 3 is 2.68 bits per heavy atom. The number of carbonyl (C=O) groups excluding carboxylic acids is 1. The minimum absolute atomic E-state index is 0.0244. The Bertz CT molecular complexity index is 781. The maximum Gasteiger partial charge on any atom is 0.251 e. The average Bonchev–Trinajstić information content (AvgIpc) is 3.05. The van der Waals surface area contributed by atoms with Crippen LogP contribution in [0.25, 0.3) is 0 Å². The Balaban J connectivity index is 1.74. The van der Waals surface area contributed by atoms with Gasteiger partial charge in [-0.1, -0.05) is 12.1 Å². The zero-order valence-electron chi connectivity index (χ0n) is 13.9. The molecule has 0 aliphatic carbocycles. The summed E-state index contributed by atoms with van der Waals surface area (Å²) in [6.45, 7) is 2.02. The monoisotopic (exact) mass is 363 g/mol. The minimum Gasteiger partial charge on any atom is -0.368 e. The van der Waals surface area contributed by atoms with E-state index in [0.717, 1.165) is 12.8 Å². The van der Waals surface area contributed by atoms with Crippen molar-refractivity contribution < 1.29 is 17.9 Å². The van der Waals surface area contributed by atoms with Crippen molar-refractivity contribution in [3.8, 4) is 6.07 Å². The van der Waals surface area contributed by atoms with Crippen LogP contribution in [0.1, 0.15) is 24.8 Å². The summed E-state index contributed by atoms with van der Waals surface area (Å²) in [6.07, 6.45) is 1.79. The van der Waals surface area contributed by atoms with Crippen molar-refractivity contribution in [2.45, 2.75) is 30.3 Å². The summed E-state index contributed by atoms with van der Waals surface area (Å²) in [5.74, 6) is -0.0471. The molecular formula is C17H21N3O4S. The summed E-state index contributed by atoms with van der Waals surface area (Å²) in [5, 5.41) is 9.17. The number of hydrogen-bond donors (Lipinski definition) is 0. The summed E-state index contributed by atoms with van der Waals surface area (Å²) < 4.78 is 32.6. The first kappa shape index (κ1) is 17.9. The first-order valence-corrected chi connectivity index (χ1v) is 9.87. The highest BCUT2D eigenvalue weighted by Crippen LogP contribution is 2.22. The van der Waals surface area contributed by atoms with E-state index in [4.69, 9.17) is 4.74 Å². The molecule has 2 aliphatic heterocycles. The molecular weight excluding hydrogens is 342 g/mol. The quantitative estimate of drug-likeness (QED) is 0.798. The molecule has 0 aromatic heterocycles. The number of benzene rings is 1. The lowest BCUT2D eigenvalue weighted by molar-refractivity contribution is -0.140. The fourth-order valence-electron chi connectivity index (χ4n) is 3.25. The standard InChI is InChI=1S/C17H21N3O4S/c18-13-14-5-1-2-7-16(14)25(22,23)20-9-4-8-19(10-11-20)17(21)15-6-3-12-24-15/h1-2,5,7,15H,3-4,6,8-12H2. The van der Waals surface area contributed by atoms with Gasteiger partial charge in [0.05, 0.1) is 10.5 Å². The Labute approximate surface area is 147 Å². The van der Waals surface area contributed by atoms with E-state index < -0.39 is 10.0 Å². The van der Waals surface area contributed by atoms with Crippen LogP contribution in [0.15, 0.2) is 29.2 Å². The van der Waals surface area contributed by atoms with Gasteiger partial charge >= 0.3 is 0 Å². The third-order valence-electron chi connectivity index (χ3n) is 4.60. The normalized spacial score (nSPS) is 22.4. The second kappa shape index (κ2) is 7.52. The lowest BCUT2D eigenvalue weighted by Crippen LogP contribution is -2.41. The van der Waals surface area contributed by atoms with Crippen LogP contribution in [-0.2, 0) is 19.6 Å². The van der Waals surface area contributed by atoms with Crippen molar-refractivity contribution in [1.29, 1.82) is 5.26 Å². The van der Waals surface area contributed by atoms with Gasteiger partial charge in [0, 0.05) is 32.8 Å². The van der Waals surface area contributed by atoms with Crippen molar-refractivity contribution in [1.82, 2.24) is 9.21 Å². The Kier molecular flexibility index (Phi) is 5.37. The molecule has 3 rings (SSSR count). The third-order valence-corrected chi connectivity index (χ3v) is 6.55. The molecule has 2 heterocycles. The Morgan fingerprint density at radius 2 is 1.96 bits per heavy atom. The van der Waals surface area contributed by atoms with Crippen LogP contribution < -0.4 is 0 Å². The Hall–Kier alpha value is -1.95. The van der Waals surface area contributed by atoms with Crippen LogP contribution >= 0.6 is 0 Å². The van der Waals surface area contributed by atoms with Crippen molar-refractivity contribution in [3.05, 3.63) is 29.8 Å². The van der Waals surface area contributed by atoms with Crippen LogP contribution in [0.5, 0.6) is 0 Å². The maximum absolute atomic E-state index is 12.9. The highest BCUT2D eigenvalue weighted by Gasteiger charge is 2.33. The average molecular weight is 363 g/mol. The molecule has 1 amide bonds. The highest BCUT2D eigenvalue weighted by atomic mass is 32.2. The molecule has 2 saturated heterocycles. The molecule has 25 heavy (non-hydrogen) atoms. The topological polar surface area (TPSA) is 90.7 Å². The molecule has 8 heteroatoms. The fraction of sp³-hybridized carbons (Fsp3) is 0.529. The van der Waals surface area contributed by atoms with Gasteiger partial charge in [-0.2, -0.15) is 9.57 Å². The molecule has 0 bridgehead atoms. The molecule has 1 aromatic rings. The van der Waals surface area contributed by atoms with Crippen LogP contribution in [0, 0.1) is 11.3 Å². The van der Waals surface area contributed by atoms with Crippen molar-refractivity contribution in [2.24, 2.45) is 0 Å². The van der Waals surface area contributed by atoms with Crippen LogP contribution in [-0.4, -0.2) is 62.4 Å². The first-order valence-electron chi connectivity index (χ1n) is 8.43. The summed E-state index contributed by atoms with van der Waals surface area (Å²) in [5.41, 5.74) is 0.138. The molecule has 1 aromatic carbocycles. The summed E-state index contributed by atoms with van der Waals surface area (Å²) >= 11 is 0. The van der Waals surface area contributed by atoms with Crippen molar-refractivity contribution in [2.75, 3.05) is 32.8 Å². The van der Waals surface area contributed by atoms with Crippen molar-refractivity contribution >= 4 is 15.9 Å². The number of hydrogen-bond acceptors (Lipinski definition) is 5. The molecule has 7 nitrogen and oxygen atoms in total. The van der Waals surface area contributed by atoms with Gasteiger partial charge in [-0.05, 0) is 31.4 Å². The summed E-state index contributed by atoms with van der Waals surface area (Å²) in [7, 11) is -3.75. The minimum atomic E-state index is -3.75. The number of nitrogens with zero attached hydrogens (tertiary/aromatic N) is 3. The summed E-state index contributed by atoms with van der Waals surface area (Å²) in [4.78, 5) is 14.2. The van der Waals surface area contributed by atoms with Gasteiger partial charge in [-0.15, -0.1) is 0 Å². The van der Waals surface area contributed by atoms with Crippen LogP contribution in [0.2, 0.25) is 0 Å².